The summed E-state index contributed by atoms with van der Waals surface area (Å²) in [6, 6.07) is 0. The first-order valence-corrected chi connectivity index (χ1v) is 6.29. The Bertz CT molecular complexity index is 185. The van der Waals surface area contributed by atoms with Crippen LogP contribution >= 0.6 is 31.9 Å². The predicted molar refractivity (Wildman–Crippen MR) is 64.9 cm³/mol. The Hall–Kier alpha value is 0.630. The van der Waals surface area contributed by atoms with Crippen LogP contribution in [0.1, 0.15) is 47.0 Å². The molecule has 13 heavy (non-hydrogen) atoms. The molecule has 0 bridgehead atoms. The van der Waals surface area contributed by atoms with Crippen LogP contribution in [-0.2, 0) is 4.79 Å². The van der Waals surface area contributed by atoms with Gasteiger partial charge in [0, 0.05) is 0 Å². The Labute approximate surface area is 97.9 Å². The Morgan fingerprint density at radius 1 is 1.15 bits per heavy atom. The second-order valence-corrected chi connectivity index (χ2v) is 7.33. The van der Waals surface area contributed by atoms with E-state index >= 15 is 0 Å². The molecule has 0 aliphatic rings. The van der Waals surface area contributed by atoms with Crippen LogP contribution in [-0.4, -0.2) is 14.4 Å². The maximum Gasteiger partial charge on any atom is 0.165 e. The number of hydrogen-bond donors (Lipinski definition) is 0. The van der Waals surface area contributed by atoms with Gasteiger partial charge in [-0.25, -0.2) is 0 Å². The zero-order valence-electron chi connectivity index (χ0n) is 8.79. The lowest BCUT2D eigenvalue weighted by molar-refractivity contribution is -0.122. The van der Waals surface area contributed by atoms with Crippen LogP contribution < -0.4 is 0 Å². The van der Waals surface area contributed by atoms with E-state index in [-0.39, 0.29) is 14.4 Å². The summed E-state index contributed by atoms with van der Waals surface area (Å²) in [4.78, 5) is 12.0. The lowest BCUT2D eigenvalue weighted by atomic mass is 9.90. The van der Waals surface area contributed by atoms with Crippen LogP contribution in [0.25, 0.3) is 0 Å². The fraction of sp³-hybridized carbons (Fsp3) is 0.900. The van der Waals surface area contributed by atoms with Crippen LogP contribution in [0, 0.1) is 0 Å². The molecule has 0 aliphatic carbocycles. The number of halogens is 2. The fourth-order valence-corrected chi connectivity index (χ4v) is 2.82. The largest absolute Gasteiger partial charge is 0.297 e. The topological polar surface area (TPSA) is 17.1 Å². The summed E-state index contributed by atoms with van der Waals surface area (Å²) in [5.74, 6) is 0.240. The van der Waals surface area contributed by atoms with E-state index in [9.17, 15) is 4.79 Å². The highest BCUT2D eigenvalue weighted by atomic mass is 79.9. The average Bonchev–Trinajstić information content (AvgIpc) is 2.03. The first-order chi connectivity index (χ1) is 5.78. The number of carbonyl (C=O) groups is 1. The van der Waals surface area contributed by atoms with Crippen LogP contribution in [0.4, 0.5) is 0 Å². The maximum absolute atomic E-state index is 12.0. The second kappa shape index (κ2) is 4.92. The van der Waals surface area contributed by atoms with Gasteiger partial charge in [-0.1, -0.05) is 52.1 Å². The molecule has 0 aromatic heterocycles. The second-order valence-electron chi connectivity index (χ2n) is 3.83. The summed E-state index contributed by atoms with van der Waals surface area (Å²) < 4.78 is -0.767. The molecule has 3 heteroatoms. The summed E-state index contributed by atoms with van der Waals surface area (Å²) >= 11 is 6.98. The van der Waals surface area contributed by atoms with Crippen molar-refractivity contribution in [1.82, 2.24) is 0 Å². The van der Waals surface area contributed by atoms with Gasteiger partial charge in [0.2, 0.25) is 0 Å². The van der Waals surface area contributed by atoms with Crippen molar-refractivity contribution in [1.29, 1.82) is 0 Å². The van der Waals surface area contributed by atoms with E-state index in [1.807, 2.05) is 20.8 Å². The monoisotopic (exact) mass is 312 g/mol. The van der Waals surface area contributed by atoms with E-state index in [0.717, 1.165) is 19.3 Å². The molecule has 0 N–H and O–H groups in total. The predicted octanol–water partition coefficient (Wildman–Crippen LogP) is 4.07. The summed E-state index contributed by atoms with van der Waals surface area (Å²) in [6.07, 6.45) is 2.71. The minimum absolute atomic E-state index is 0.240. The van der Waals surface area contributed by atoms with Crippen molar-refractivity contribution < 1.29 is 4.79 Å². The van der Waals surface area contributed by atoms with Gasteiger partial charge in [0.1, 0.15) is 0 Å². The van der Waals surface area contributed by atoms with Crippen molar-refractivity contribution in [2.75, 3.05) is 0 Å². The van der Waals surface area contributed by atoms with Crippen molar-refractivity contribution in [3.05, 3.63) is 0 Å². The van der Waals surface area contributed by atoms with Crippen molar-refractivity contribution in [3.63, 3.8) is 0 Å². The number of hydrogen-bond acceptors (Lipinski definition) is 1. The molecule has 0 spiro atoms. The molecule has 0 aromatic rings. The minimum Gasteiger partial charge on any atom is -0.297 e. The van der Waals surface area contributed by atoms with Crippen molar-refractivity contribution >= 4 is 37.6 Å². The Balaban J connectivity index is 4.58. The molecule has 0 fully saturated rings. The first kappa shape index (κ1) is 13.6. The third kappa shape index (κ3) is 3.70. The molecular formula is C10H18Br2O. The first-order valence-electron chi connectivity index (χ1n) is 4.70. The Kier molecular flexibility index (Phi) is 5.16. The SMILES string of the molecule is CCCC(C)(Br)C(=O)C(C)(Br)CC. The number of rotatable bonds is 5. The normalized spacial score (nSPS) is 20.5. The number of ketones is 1. The van der Waals surface area contributed by atoms with Crippen LogP contribution in [0.15, 0.2) is 0 Å². The molecule has 1 nitrogen and oxygen atoms in total. The van der Waals surface area contributed by atoms with Gasteiger partial charge in [0.05, 0.1) is 8.65 Å². The molecule has 0 saturated carbocycles. The molecular weight excluding hydrogens is 296 g/mol. The molecule has 78 valence electrons. The van der Waals surface area contributed by atoms with E-state index in [1.54, 1.807) is 0 Å². The van der Waals surface area contributed by atoms with Gasteiger partial charge in [-0.05, 0) is 26.7 Å². The smallest absolute Gasteiger partial charge is 0.165 e. The number of Topliss-reactive ketones (excluding diaryl/α,β-unsaturated/α-hetero) is 1. The molecule has 0 aromatic carbocycles. The standard InChI is InChI=1S/C10H18Br2O/c1-5-7-10(4,12)8(13)9(3,11)6-2/h5-7H2,1-4H3. The van der Waals surface area contributed by atoms with Crippen LogP contribution in [0.3, 0.4) is 0 Å². The highest BCUT2D eigenvalue weighted by molar-refractivity contribution is 9.11. The minimum atomic E-state index is -0.388. The third-order valence-corrected chi connectivity index (χ3v) is 4.01. The quantitative estimate of drug-likeness (QED) is 0.699. The maximum atomic E-state index is 12.0. The Morgan fingerprint density at radius 2 is 1.62 bits per heavy atom. The van der Waals surface area contributed by atoms with E-state index in [1.165, 1.54) is 0 Å². The lowest BCUT2D eigenvalue weighted by Crippen LogP contribution is -2.41. The van der Waals surface area contributed by atoms with E-state index in [2.05, 4.69) is 38.8 Å². The summed E-state index contributed by atoms with van der Waals surface area (Å²) in [5, 5.41) is 0. The molecule has 0 heterocycles. The molecule has 0 rings (SSSR count). The van der Waals surface area contributed by atoms with Crippen molar-refractivity contribution in [3.8, 4) is 0 Å². The van der Waals surface area contributed by atoms with Crippen molar-refractivity contribution in [2.45, 2.75) is 55.6 Å². The zero-order valence-corrected chi connectivity index (χ0v) is 12.0. The van der Waals surface area contributed by atoms with Gasteiger partial charge in [0.25, 0.3) is 0 Å². The van der Waals surface area contributed by atoms with Crippen LogP contribution in [0.2, 0.25) is 0 Å². The van der Waals surface area contributed by atoms with Crippen molar-refractivity contribution in [2.24, 2.45) is 0 Å². The zero-order chi connectivity index (χ0) is 10.7. The summed E-state index contributed by atoms with van der Waals surface area (Å²) in [6.45, 7) is 7.99. The van der Waals surface area contributed by atoms with Gasteiger partial charge in [-0.3, -0.25) is 4.79 Å². The van der Waals surface area contributed by atoms with Gasteiger partial charge in [-0.2, -0.15) is 0 Å². The van der Waals surface area contributed by atoms with Gasteiger partial charge < -0.3 is 0 Å². The molecule has 0 radical (unpaired) electrons. The highest BCUT2D eigenvalue weighted by Gasteiger charge is 2.39. The summed E-state index contributed by atoms with van der Waals surface area (Å²) in [7, 11) is 0. The van der Waals surface area contributed by atoms with E-state index in [0.29, 0.717) is 0 Å². The molecule has 0 amide bonds. The number of alkyl halides is 2. The van der Waals surface area contributed by atoms with E-state index < -0.39 is 0 Å². The molecule has 0 saturated heterocycles. The lowest BCUT2D eigenvalue weighted by Gasteiger charge is -2.29. The number of carbonyl (C=O) groups excluding carboxylic acids is 1. The van der Waals surface area contributed by atoms with Gasteiger partial charge in [-0.15, -0.1) is 0 Å². The molecule has 0 aliphatic heterocycles. The molecule has 2 atom stereocenters. The fourth-order valence-electron chi connectivity index (χ4n) is 1.29. The van der Waals surface area contributed by atoms with E-state index in [4.69, 9.17) is 0 Å². The highest BCUT2D eigenvalue weighted by Crippen LogP contribution is 2.35. The Morgan fingerprint density at radius 3 is 1.92 bits per heavy atom. The third-order valence-electron chi connectivity index (χ3n) is 2.33. The van der Waals surface area contributed by atoms with Gasteiger partial charge >= 0.3 is 0 Å². The summed E-state index contributed by atoms with van der Waals surface area (Å²) in [5.41, 5.74) is 0. The van der Waals surface area contributed by atoms with Crippen LogP contribution in [0.5, 0.6) is 0 Å². The molecule has 2 unspecified atom stereocenters. The van der Waals surface area contributed by atoms with Gasteiger partial charge in [0.15, 0.2) is 5.78 Å². The average molecular weight is 314 g/mol.